The molecule has 3 N–H and O–H groups in total. The number of phenols is 1. The monoisotopic (exact) mass is 493 g/mol. The number of nitrogens with zero attached hydrogens (tertiary/aromatic N) is 2. The van der Waals surface area contributed by atoms with E-state index in [1.54, 1.807) is 24.3 Å². The third-order valence-corrected chi connectivity index (χ3v) is 5.63. The molecule has 160 valence electrons. The molecule has 9 heteroatoms. The Balaban J connectivity index is 1.63. The van der Waals surface area contributed by atoms with E-state index < -0.39 is 10.8 Å². The fraction of sp³-hybridized carbons (Fsp3) is 0.0870. The molecule has 4 rings (SSSR count). The van der Waals surface area contributed by atoms with Crippen molar-refractivity contribution in [3.05, 3.63) is 103 Å². The third kappa shape index (κ3) is 4.08. The predicted octanol–water partition coefficient (Wildman–Crippen LogP) is 4.86. The van der Waals surface area contributed by atoms with Crippen LogP contribution in [0.4, 0.5) is 5.69 Å². The van der Waals surface area contributed by atoms with Gasteiger partial charge < -0.3 is 20.3 Å². The molecule has 1 aliphatic heterocycles. The first-order valence-corrected chi connectivity index (χ1v) is 10.2. The molecule has 0 aliphatic carbocycles. The Morgan fingerprint density at radius 3 is 2.75 bits per heavy atom. The van der Waals surface area contributed by atoms with Crippen molar-refractivity contribution in [2.75, 3.05) is 0 Å². The Hall–Kier alpha value is -4.03. The van der Waals surface area contributed by atoms with E-state index in [4.69, 9.17) is 15.2 Å². The molecule has 0 radical (unpaired) electrons. The molecule has 0 spiro atoms. The van der Waals surface area contributed by atoms with Crippen LogP contribution >= 0.6 is 15.9 Å². The summed E-state index contributed by atoms with van der Waals surface area (Å²) in [6.07, 6.45) is 0. The number of nitriles is 1. The van der Waals surface area contributed by atoms with Crippen molar-refractivity contribution in [2.45, 2.75) is 12.5 Å². The van der Waals surface area contributed by atoms with Crippen LogP contribution in [0.3, 0.4) is 0 Å². The van der Waals surface area contributed by atoms with Crippen LogP contribution in [-0.4, -0.2) is 10.0 Å². The average Bonchev–Trinajstić information content (AvgIpc) is 2.77. The molecule has 0 amide bonds. The van der Waals surface area contributed by atoms with Gasteiger partial charge >= 0.3 is 0 Å². The molecule has 3 aromatic carbocycles. The maximum atomic E-state index is 10.9. The first-order chi connectivity index (χ1) is 15.4. The van der Waals surface area contributed by atoms with Gasteiger partial charge in [-0.3, -0.25) is 10.1 Å². The van der Waals surface area contributed by atoms with E-state index >= 15 is 0 Å². The van der Waals surface area contributed by atoms with Gasteiger partial charge in [-0.1, -0.05) is 24.3 Å². The molecule has 0 unspecified atom stereocenters. The molecule has 3 aromatic rings. The van der Waals surface area contributed by atoms with E-state index in [0.717, 1.165) is 5.56 Å². The summed E-state index contributed by atoms with van der Waals surface area (Å²) in [5, 5.41) is 30.4. The zero-order valence-corrected chi connectivity index (χ0v) is 18.1. The topological polar surface area (TPSA) is 132 Å². The number of nitrogens with two attached hydrogens (primary N) is 1. The second kappa shape index (κ2) is 8.61. The number of phenolic OH excluding ortho intramolecular Hbond substituents is 1. The second-order valence-electron chi connectivity index (χ2n) is 7.05. The number of fused-ring (bicyclic) bond motifs is 1. The van der Waals surface area contributed by atoms with Gasteiger partial charge in [0.1, 0.15) is 35.5 Å². The quantitative estimate of drug-likeness (QED) is 0.383. The lowest BCUT2D eigenvalue weighted by atomic mass is 9.83. The summed E-state index contributed by atoms with van der Waals surface area (Å²) in [6.45, 7) is 0.148. The number of aromatic hydroxyl groups is 1. The SMILES string of the molecule is N#CC1=C(N)Oc2cc(O)ccc2[C@H]1c1ccc(OCc2cccc([N+](=O)[O-])c2)c(Br)c1. The third-order valence-electron chi connectivity index (χ3n) is 5.01. The van der Waals surface area contributed by atoms with E-state index in [9.17, 15) is 20.5 Å². The number of hydrogen-bond acceptors (Lipinski definition) is 7. The highest BCUT2D eigenvalue weighted by Gasteiger charge is 2.31. The first kappa shape index (κ1) is 21.2. The minimum atomic E-state index is -0.480. The summed E-state index contributed by atoms with van der Waals surface area (Å²) in [4.78, 5) is 10.5. The maximum absolute atomic E-state index is 10.9. The summed E-state index contributed by atoms with van der Waals surface area (Å²) >= 11 is 3.50. The zero-order valence-electron chi connectivity index (χ0n) is 16.5. The van der Waals surface area contributed by atoms with Crippen molar-refractivity contribution >= 4 is 21.6 Å². The molecule has 0 bridgehead atoms. The van der Waals surface area contributed by atoms with Crippen LogP contribution in [0.2, 0.25) is 0 Å². The molecule has 1 atom stereocenters. The summed E-state index contributed by atoms with van der Waals surface area (Å²) in [6, 6.07) is 18.4. The summed E-state index contributed by atoms with van der Waals surface area (Å²) in [5.74, 6) is 0.452. The smallest absolute Gasteiger partial charge is 0.269 e. The minimum absolute atomic E-state index is 0.00172. The lowest BCUT2D eigenvalue weighted by Gasteiger charge is -2.26. The van der Waals surface area contributed by atoms with Gasteiger partial charge in [-0.15, -0.1) is 0 Å². The van der Waals surface area contributed by atoms with Crippen molar-refractivity contribution in [1.29, 1.82) is 5.26 Å². The van der Waals surface area contributed by atoms with E-state index in [1.165, 1.54) is 24.3 Å². The van der Waals surface area contributed by atoms with Crippen LogP contribution in [0.1, 0.15) is 22.6 Å². The number of non-ortho nitro benzene ring substituents is 1. The number of rotatable bonds is 5. The summed E-state index contributed by atoms with van der Waals surface area (Å²) in [7, 11) is 0. The van der Waals surface area contributed by atoms with Crippen LogP contribution in [0.15, 0.2) is 76.6 Å². The molecule has 32 heavy (non-hydrogen) atoms. The van der Waals surface area contributed by atoms with Gasteiger partial charge in [0.05, 0.1) is 15.3 Å². The molecule has 0 saturated carbocycles. The largest absolute Gasteiger partial charge is 0.508 e. The number of hydrogen-bond donors (Lipinski definition) is 2. The predicted molar refractivity (Wildman–Crippen MR) is 119 cm³/mol. The van der Waals surface area contributed by atoms with Crippen molar-refractivity contribution < 1.29 is 19.5 Å². The van der Waals surface area contributed by atoms with Crippen molar-refractivity contribution in [3.63, 3.8) is 0 Å². The van der Waals surface area contributed by atoms with Crippen LogP contribution in [0.5, 0.6) is 17.2 Å². The number of nitro benzene ring substituents is 1. The Morgan fingerprint density at radius 2 is 2.03 bits per heavy atom. The lowest BCUT2D eigenvalue weighted by molar-refractivity contribution is -0.384. The van der Waals surface area contributed by atoms with Crippen LogP contribution < -0.4 is 15.2 Å². The lowest BCUT2D eigenvalue weighted by Crippen LogP contribution is -2.21. The maximum Gasteiger partial charge on any atom is 0.269 e. The number of benzene rings is 3. The molecule has 1 aliphatic rings. The Labute approximate surface area is 191 Å². The number of halogens is 1. The molecule has 1 heterocycles. The van der Waals surface area contributed by atoms with Crippen LogP contribution in [-0.2, 0) is 6.61 Å². The Bertz CT molecular complexity index is 1300. The van der Waals surface area contributed by atoms with Gasteiger partial charge in [-0.2, -0.15) is 5.26 Å². The van der Waals surface area contributed by atoms with Crippen LogP contribution in [0.25, 0.3) is 0 Å². The van der Waals surface area contributed by atoms with Crippen molar-refractivity contribution in [1.82, 2.24) is 0 Å². The highest BCUT2D eigenvalue weighted by atomic mass is 79.9. The minimum Gasteiger partial charge on any atom is -0.508 e. The summed E-state index contributed by atoms with van der Waals surface area (Å²) < 4.78 is 12.0. The molecular formula is C23H16BrN3O5. The van der Waals surface area contributed by atoms with Crippen LogP contribution in [0, 0.1) is 21.4 Å². The van der Waals surface area contributed by atoms with E-state index in [2.05, 4.69) is 22.0 Å². The molecule has 8 nitrogen and oxygen atoms in total. The Kier molecular flexibility index (Phi) is 5.71. The fourth-order valence-corrected chi connectivity index (χ4v) is 4.03. The van der Waals surface area contributed by atoms with Gasteiger partial charge in [-0.25, -0.2) is 0 Å². The van der Waals surface area contributed by atoms with Gasteiger partial charge in [0, 0.05) is 23.8 Å². The van der Waals surface area contributed by atoms with Gasteiger partial charge in [0.2, 0.25) is 5.88 Å². The summed E-state index contributed by atoms with van der Waals surface area (Å²) in [5.41, 5.74) is 8.36. The van der Waals surface area contributed by atoms with E-state index in [1.807, 2.05) is 12.1 Å². The fourth-order valence-electron chi connectivity index (χ4n) is 3.52. The molecule has 0 aromatic heterocycles. The second-order valence-corrected chi connectivity index (χ2v) is 7.91. The highest BCUT2D eigenvalue weighted by molar-refractivity contribution is 9.10. The molecular weight excluding hydrogens is 478 g/mol. The normalized spacial score (nSPS) is 14.8. The van der Waals surface area contributed by atoms with Crippen molar-refractivity contribution in [3.8, 4) is 23.3 Å². The first-order valence-electron chi connectivity index (χ1n) is 9.43. The van der Waals surface area contributed by atoms with Crippen molar-refractivity contribution in [2.24, 2.45) is 5.73 Å². The Morgan fingerprint density at radius 1 is 1.22 bits per heavy atom. The number of nitro groups is 1. The number of allylic oxidation sites excluding steroid dienone is 1. The van der Waals surface area contributed by atoms with Gasteiger partial charge in [0.25, 0.3) is 5.69 Å². The molecule has 0 saturated heterocycles. The number of ether oxygens (including phenoxy) is 2. The molecule has 0 fully saturated rings. The van der Waals surface area contributed by atoms with Gasteiger partial charge in [-0.05, 0) is 45.3 Å². The van der Waals surface area contributed by atoms with E-state index in [0.29, 0.717) is 27.1 Å². The average molecular weight is 494 g/mol. The standard InChI is InChI=1S/C23H16BrN3O5/c24-19-9-14(4-7-20(19)31-12-13-2-1-3-15(8-13)27(29)30)22-17-6-5-16(28)10-21(17)32-23(26)18(22)11-25/h1-10,22,28H,12,26H2/t22-/m1/s1. The highest BCUT2D eigenvalue weighted by Crippen LogP contribution is 2.44. The van der Waals surface area contributed by atoms with Gasteiger partial charge in [0.15, 0.2) is 0 Å². The van der Waals surface area contributed by atoms with E-state index in [-0.39, 0.29) is 29.5 Å². The zero-order chi connectivity index (χ0) is 22.8.